The molecule has 0 aliphatic rings. The summed E-state index contributed by atoms with van der Waals surface area (Å²) in [4.78, 5) is 12.0. The third-order valence-electron chi connectivity index (χ3n) is 6.50. The van der Waals surface area contributed by atoms with E-state index >= 15 is 0 Å². The summed E-state index contributed by atoms with van der Waals surface area (Å²) in [5.74, 6) is -0.124. The Morgan fingerprint density at radius 3 is 0.854 bits per heavy atom. The van der Waals surface area contributed by atoms with E-state index in [1.165, 1.54) is 0 Å². The third-order valence-corrected chi connectivity index (χ3v) is 6.50. The normalized spacial score (nSPS) is 12.1. The number of carbonyl (C=O) groups is 1. The molecule has 0 bridgehead atoms. The van der Waals surface area contributed by atoms with Crippen LogP contribution in [0.3, 0.4) is 0 Å². The highest BCUT2D eigenvalue weighted by Gasteiger charge is 2.16. The quantitative estimate of drug-likeness (QED) is 0.0682. The molecule has 0 aliphatic heterocycles. The fraction of sp³-hybridized carbons (Fsp3) is 0.971. The van der Waals surface area contributed by atoms with Gasteiger partial charge in [0.15, 0.2) is 0 Å². The van der Waals surface area contributed by atoms with Crippen LogP contribution in [0.25, 0.3) is 0 Å². The summed E-state index contributed by atoms with van der Waals surface area (Å²) in [6, 6.07) is 0. The van der Waals surface area contributed by atoms with Gasteiger partial charge in [-0.1, -0.05) is 26.7 Å². The maximum atomic E-state index is 12.0. The number of hydrogen-bond donors (Lipinski definition) is 0. The van der Waals surface area contributed by atoms with Gasteiger partial charge in [-0.25, -0.2) is 0 Å². The van der Waals surface area contributed by atoms with Gasteiger partial charge in [-0.05, 0) is 19.8 Å². The number of carbonyl (C=O) groups excluding carboxylic acids is 1. The maximum Gasteiger partial charge on any atom is 0.308 e. The second kappa shape index (κ2) is 42.2. The molecular formula is C34H68O14. The van der Waals surface area contributed by atoms with E-state index in [0.29, 0.717) is 159 Å². The van der Waals surface area contributed by atoms with Gasteiger partial charge in [0.25, 0.3) is 0 Å². The molecule has 288 valence electrons. The predicted molar refractivity (Wildman–Crippen MR) is 180 cm³/mol. The van der Waals surface area contributed by atoms with E-state index in [1.807, 2.05) is 13.8 Å². The van der Waals surface area contributed by atoms with Crippen molar-refractivity contribution in [3.63, 3.8) is 0 Å². The summed E-state index contributed by atoms with van der Waals surface area (Å²) in [5.41, 5.74) is 0. The molecular weight excluding hydrogens is 632 g/mol. The Morgan fingerprint density at radius 1 is 0.375 bits per heavy atom. The fourth-order valence-corrected chi connectivity index (χ4v) is 3.82. The van der Waals surface area contributed by atoms with Crippen molar-refractivity contribution in [2.45, 2.75) is 46.5 Å². The summed E-state index contributed by atoms with van der Waals surface area (Å²) in [5, 5.41) is 0. The second-order valence-electron chi connectivity index (χ2n) is 10.3. The lowest BCUT2D eigenvalue weighted by Gasteiger charge is -2.13. The molecule has 0 rings (SSSR count). The summed E-state index contributed by atoms with van der Waals surface area (Å²) in [6.45, 7) is 18.8. The van der Waals surface area contributed by atoms with Crippen LogP contribution in [-0.4, -0.2) is 171 Å². The topological polar surface area (TPSA) is 137 Å². The van der Waals surface area contributed by atoms with Crippen LogP contribution in [0.2, 0.25) is 0 Å². The van der Waals surface area contributed by atoms with Gasteiger partial charge in [-0.15, -0.1) is 0 Å². The van der Waals surface area contributed by atoms with Crippen LogP contribution in [0.5, 0.6) is 0 Å². The van der Waals surface area contributed by atoms with Crippen LogP contribution < -0.4 is 0 Å². The van der Waals surface area contributed by atoms with Crippen molar-refractivity contribution in [1.29, 1.82) is 0 Å². The molecule has 0 fully saturated rings. The molecule has 0 radical (unpaired) electrons. The van der Waals surface area contributed by atoms with Crippen LogP contribution in [0.15, 0.2) is 0 Å². The van der Waals surface area contributed by atoms with Gasteiger partial charge in [0, 0.05) is 6.61 Å². The Bertz CT molecular complexity index is 616. The van der Waals surface area contributed by atoms with Crippen molar-refractivity contribution in [3.8, 4) is 0 Å². The van der Waals surface area contributed by atoms with Crippen molar-refractivity contribution >= 4 is 5.97 Å². The number of ether oxygens (including phenoxy) is 13. The molecule has 0 spiro atoms. The zero-order valence-corrected chi connectivity index (χ0v) is 30.3. The average Bonchev–Trinajstić information content (AvgIpc) is 3.10. The van der Waals surface area contributed by atoms with Crippen LogP contribution in [0, 0.1) is 5.92 Å². The lowest BCUT2D eigenvalue weighted by molar-refractivity contribution is -0.150. The van der Waals surface area contributed by atoms with E-state index in [4.69, 9.17) is 61.6 Å². The Labute approximate surface area is 289 Å². The van der Waals surface area contributed by atoms with Gasteiger partial charge in [0.05, 0.1) is 158 Å². The molecule has 1 atom stereocenters. The zero-order valence-electron chi connectivity index (χ0n) is 30.3. The lowest BCUT2D eigenvalue weighted by Crippen LogP contribution is -2.20. The zero-order chi connectivity index (χ0) is 34.9. The van der Waals surface area contributed by atoms with Crippen LogP contribution >= 0.6 is 0 Å². The van der Waals surface area contributed by atoms with E-state index in [-0.39, 0.29) is 18.5 Å². The minimum absolute atomic E-state index is 0.00383. The highest BCUT2D eigenvalue weighted by Crippen LogP contribution is 2.14. The molecule has 0 saturated carbocycles. The van der Waals surface area contributed by atoms with Crippen molar-refractivity contribution in [1.82, 2.24) is 0 Å². The van der Waals surface area contributed by atoms with Gasteiger partial charge in [0.2, 0.25) is 0 Å². The largest absolute Gasteiger partial charge is 0.463 e. The van der Waals surface area contributed by atoms with E-state index in [2.05, 4.69) is 6.92 Å². The lowest BCUT2D eigenvalue weighted by atomic mass is 10.00. The number of unbranched alkanes of at least 4 members (excludes halogenated alkanes) is 1. The van der Waals surface area contributed by atoms with Gasteiger partial charge in [-0.3, -0.25) is 4.79 Å². The Kier molecular flexibility index (Phi) is 41.3. The molecule has 0 N–H and O–H groups in total. The van der Waals surface area contributed by atoms with Crippen molar-refractivity contribution in [2.75, 3.05) is 165 Å². The minimum Gasteiger partial charge on any atom is -0.463 e. The molecule has 14 heteroatoms. The molecule has 0 aromatic carbocycles. The van der Waals surface area contributed by atoms with Crippen LogP contribution in [-0.2, 0) is 66.4 Å². The van der Waals surface area contributed by atoms with Gasteiger partial charge in [0.1, 0.15) is 6.61 Å². The summed E-state index contributed by atoms with van der Waals surface area (Å²) in [7, 11) is 0. The Hall–Kier alpha value is -1.01. The fourth-order valence-electron chi connectivity index (χ4n) is 3.82. The van der Waals surface area contributed by atoms with E-state index in [9.17, 15) is 4.79 Å². The van der Waals surface area contributed by atoms with E-state index in [1.54, 1.807) is 0 Å². The summed E-state index contributed by atoms with van der Waals surface area (Å²) in [6.07, 6.45) is 3.83. The Morgan fingerprint density at radius 2 is 0.625 bits per heavy atom. The molecule has 0 aromatic rings. The maximum absolute atomic E-state index is 12.0. The van der Waals surface area contributed by atoms with Crippen molar-refractivity contribution in [3.05, 3.63) is 0 Å². The highest BCUT2D eigenvalue weighted by atomic mass is 16.6. The minimum atomic E-state index is -0.120. The van der Waals surface area contributed by atoms with E-state index < -0.39 is 0 Å². The monoisotopic (exact) mass is 700 g/mol. The molecule has 1 unspecified atom stereocenters. The first-order valence-electron chi connectivity index (χ1n) is 17.9. The molecule has 0 heterocycles. The molecule has 0 aromatic heterocycles. The smallest absolute Gasteiger partial charge is 0.308 e. The first-order chi connectivity index (χ1) is 23.8. The van der Waals surface area contributed by atoms with Gasteiger partial charge in [-0.2, -0.15) is 0 Å². The second-order valence-corrected chi connectivity index (χ2v) is 10.3. The van der Waals surface area contributed by atoms with Gasteiger partial charge >= 0.3 is 5.97 Å². The standard InChI is InChI=1S/C34H68O14/c1-4-7-8-33(5-2)34(35)48-32-31-47-30-29-46-28-27-45-26-25-44-24-23-43-22-21-42-20-19-41-18-17-40-16-15-39-14-13-38-12-11-37-10-9-36-6-3/h33H,4-32H2,1-3H3. The molecule has 0 amide bonds. The Balaban J connectivity index is 3.13. The van der Waals surface area contributed by atoms with Crippen LogP contribution in [0.1, 0.15) is 46.5 Å². The van der Waals surface area contributed by atoms with Gasteiger partial charge < -0.3 is 61.6 Å². The average molecular weight is 701 g/mol. The first kappa shape index (κ1) is 47.0. The third kappa shape index (κ3) is 37.8. The SMILES string of the molecule is CCCCC(CC)C(=O)OCCOCCOCCOCCOCCOCCOCCOCCOCCOCCOCCOCCOCC. The molecule has 48 heavy (non-hydrogen) atoms. The predicted octanol–water partition coefficient (Wildman–Crippen LogP) is 2.97. The van der Waals surface area contributed by atoms with Crippen LogP contribution in [0.4, 0.5) is 0 Å². The number of rotatable bonds is 42. The molecule has 0 saturated heterocycles. The summed E-state index contributed by atoms with van der Waals surface area (Å²) >= 11 is 0. The van der Waals surface area contributed by atoms with Crippen molar-refractivity contribution < 1.29 is 66.4 Å². The molecule has 14 nitrogen and oxygen atoms in total. The summed E-state index contributed by atoms with van der Waals surface area (Å²) < 4.78 is 70.5. The number of esters is 1. The molecule has 0 aliphatic carbocycles. The van der Waals surface area contributed by atoms with Crippen molar-refractivity contribution in [2.24, 2.45) is 5.92 Å². The number of hydrogen-bond acceptors (Lipinski definition) is 14. The van der Waals surface area contributed by atoms with E-state index in [0.717, 1.165) is 25.7 Å². The first-order valence-corrected chi connectivity index (χ1v) is 17.9. The highest BCUT2D eigenvalue weighted by molar-refractivity contribution is 5.72.